The minimum atomic E-state index is -3.34. The van der Waals surface area contributed by atoms with Gasteiger partial charge in [-0.2, -0.15) is 0 Å². The largest absolute Gasteiger partial charge is 0.500 e. The molecule has 0 saturated heterocycles. The van der Waals surface area contributed by atoms with Gasteiger partial charge < -0.3 is 31.0 Å². The summed E-state index contributed by atoms with van der Waals surface area (Å²) in [5.41, 5.74) is 0. The molecule has 0 aromatic heterocycles. The Balaban J connectivity index is 2.10. The molecule has 230 valence electrons. The van der Waals surface area contributed by atoms with Crippen LogP contribution in [0.4, 0.5) is 4.39 Å². The second kappa shape index (κ2) is 16.1. The molecule has 0 atom stereocenters. The average Bonchev–Trinajstić information content (AvgIpc) is 3.06. The number of halogens is 1. The second-order valence-electron chi connectivity index (χ2n) is 10.1. The molecule has 0 amide bonds. The maximum atomic E-state index is 17.7. The van der Waals surface area contributed by atoms with Crippen molar-refractivity contribution in [2.45, 2.75) is 43.6 Å². The van der Waals surface area contributed by atoms with E-state index in [1.54, 1.807) is 42.7 Å². The summed E-state index contributed by atoms with van der Waals surface area (Å²) in [5, 5.41) is 2.90. The van der Waals surface area contributed by atoms with Crippen molar-refractivity contribution in [3.63, 3.8) is 0 Å². The molecule has 0 saturated carbocycles. The van der Waals surface area contributed by atoms with Crippen molar-refractivity contribution in [1.29, 1.82) is 0 Å². The van der Waals surface area contributed by atoms with Crippen LogP contribution in [0.2, 0.25) is 12.1 Å². The Kier molecular flexibility index (Phi) is 13.2. The molecule has 0 spiro atoms. The molecular formula is C31H45FO7Si3. The van der Waals surface area contributed by atoms with Crippen LogP contribution in [0.3, 0.4) is 0 Å². The fourth-order valence-corrected chi connectivity index (χ4v) is 13.0. The van der Waals surface area contributed by atoms with E-state index in [1.165, 1.54) is 0 Å². The molecule has 42 heavy (non-hydrogen) atoms. The molecule has 0 aliphatic heterocycles. The summed E-state index contributed by atoms with van der Waals surface area (Å²) in [7, 11) is 0.262. The van der Waals surface area contributed by atoms with E-state index in [0.717, 1.165) is 15.6 Å². The van der Waals surface area contributed by atoms with Crippen molar-refractivity contribution in [1.82, 2.24) is 0 Å². The highest BCUT2D eigenvalue weighted by atomic mass is 28.4. The first kappa shape index (κ1) is 34.5. The summed E-state index contributed by atoms with van der Waals surface area (Å²) in [4.78, 5) is 0. The predicted molar refractivity (Wildman–Crippen MR) is 171 cm³/mol. The van der Waals surface area contributed by atoms with E-state index < -0.39 is 31.8 Å². The molecule has 0 radical (unpaired) electrons. The van der Waals surface area contributed by atoms with Crippen LogP contribution >= 0.6 is 0 Å². The molecule has 11 heteroatoms. The number of rotatable bonds is 19. The smallest absolute Gasteiger partial charge is 0.377 e. The van der Waals surface area contributed by atoms with Crippen LogP contribution < -0.4 is 15.6 Å². The van der Waals surface area contributed by atoms with Gasteiger partial charge in [-0.05, 0) is 28.4 Å². The Morgan fingerprint density at radius 3 is 1.05 bits per heavy atom. The second-order valence-corrected chi connectivity index (χ2v) is 19.5. The van der Waals surface area contributed by atoms with Crippen LogP contribution in [0.15, 0.2) is 91.0 Å². The standard InChI is InChI=1S/C31H45FO7Si3/c1-33-40(34-2,35-3)26-16-24-31(32,25-17-27-41(36-4,37-5)38-6)39-42(28-18-10-7-11-19-28,29-20-12-8-13-21-29)30-22-14-9-15-23-30/h7-15,18-23H,16-17,24-27H2,1-6H3. The molecule has 0 aliphatic rings. The minimum absolute atomic E-state index is 0.126. The normalized spacial score (nSPS) is 12.9. The first-order chi connectivity index (χ1) is 20.3. The van der Waals surface area contributed by atoms with Crippen LogP contribution in [0, 0.1) is 0 Å². The van der Waals surface area contributed by atoms with E-state index in [9.17, 15) is 0 Å². The monoisotopic (exact) mass is 632 g/mol. The molecule has 0 N–H and O–H groups in total. The summed E-state index contributed by atoms with van der Waals surface area (Å²) in [6, 6.07) is 31.0. The lowest BCUT2D eigenvalue weighted by Crippen LogP contribution is -2.71. The van der Waals surface area contributed by atoms with Gasteiger partial charge in [0.1, 0.15) is 0 Å². The van der Waals surface area contributed by atoms with Gasteiger partial charge in [0.25, 0.3) is 8.32 Å². The Morgan fingerprint density at radius 1 is 0.500 bits per heavy atom. The van der Waals surface area contributed by atoms with Crippen LogP contribution in [-0.4, -0.2) is 74.4 Å². The zero-order valence-electron chi connectivity index (χ0n) is 25.6. The topological polar surface area (TPSA) is 64.6 Å². The number of alkyl halides is 1. The summed E-state index contributed by atoms with van der Waals surface area (Å²) in [6.07, 6.45) is 1.14. The van der Waals surface area contributed by atoms with Gasteiger partial charge in [0.15, 0.2) is 0 Å². The predicted octanol–water partition coefficient (Wildman–Crippen LogP) is 4.65. The minimum Gasteiger partial charge on any atom is -0.377 e. The molecule has 0 bridgehead atoms. The molecule has 0 unspecified atom stereocenters. The first-order valence-corrected chi connectivity index (χ1v) is 19.9. The van der Waals surface area contributed by atoms with Gasteiger partial charge in [0, 0.05) is 67.6 Å². The van der Waals surface area contributed by atoms with Gasteiger partial charge in [-0.15, -0.1) is 0 Å². The fraction of sp³-hybridized carbons (Fsp3) is 0.419. The number of hydrogen-bond donors (Lipinski definition) is 0. The first-order valence-electron chi connectivity index (χ1n) is 14.2. The van der Waals surface area contributed by atoms with Crippen molar-refractivity contribution in [3.05, 3.63) is 91.0 Å². The lowest BCUT2D eigenvalue weighted by atomic mass is 10.1. The molecule has 7 nitrogen and oxygen atoms in total. The van der Waals surface area contributed by atoms with E-state index in [-0.39, 0.29) is 12.8 Å². The summed E-state index contributed by atoms with van der Waals surface area (Å²) in [6.45, 7) is 0. The Labute approximate surface area is 253 Å². The third-order valence-electron chi connectivity index (χ3n) is 7.81. The number of hydrogen-bond acceptors (Lipinski definition) is 7. The van der Waals surface area contributed by atoms with Crippen molar-refractivity contribution in [3.8, 4) is 0 Å². The Hall–Kier alpha value is -2.04. The average molecular weight is 633 g/mol. The maximum absolute atomic E-state index is 17.7. The van der Waals surface area contributed by atoms with Crippen LogP contribution in [0.1, 0.15) is 25.7 Å². The number of benzene rings is 3. The zero-order valence-corrected chi connectivity index (χ0v) is 28.6. The molecule has 3 aromatic rings. The summed E-state index contributed by atoms with van der Waals surface area (Å²) < 4.78 is 58.5. The van der Waals surface area contributed by atoms with Crippen molar-refractivity contribution in [2.75, 3.05) is 42.7 Å². The van der Waals surface area contributed by atoms with E-state index in [2.05, 4.69) is 0 Å². The van der Waals surface area contributed by atoms with Crippen LogP contribution in [0.25, 0.3) is 0 Å². The lowest BCUT2D eigenvalue weighted by molar-refractivity contribution is -0.0814. The van der Waals surface area contributed by atoms with Gasteiger partial charge in [-0.25, -0.2) is 4.39 Å². The quantitative estimate of drug-likeness (QED) is 0.141. The highest BCUT2D eigenvalue weighted by Gasteiger charge is 2.50. The van der Waals surface area contributed by atoms with Gasteiger partial charge in [-0.3, -0.25) is 0 Å². The van der Waals surface area contributed by atoms with Crippen LogP contribution in [0.5, 0.6) is 0 Å². The SMILES string of the molecule is CO[Si](CCCC(F)(CCC[Si](OC)(OC)OC)O[Si](c1ccccc1)(c1ccccc1)c1ccccc1)(OC)OC. The van der Waals surface area contributed by atoms with Crippen molar-refractivity contribution >= 4 is 41.5 Å². The maximum Gasteiger partial charge on any atom is 0.500 e. The molecule has 3 aromatic carbocycles. The van der Waals surface area contributed by atoms with E-state index in [0.29, 0.717) is 24.9 Å². The molecule has 3 rings (SSSR count). The van der Waals surface area contributed by atoms with E-state index >= 15 is 4.39 Å². The molecule has 0 aliphatic carbocycles. The molecular weight excluding hydrogens is 588 g/mol. The van der Waals surface area contributed by atoms with E-state index in [1.807, 2.05) is 91.0 Å². The van der Waals surface area contributed by atoms with Crippen molar-refractivity contribution in [2.24, 2.45) is 0 Å². The summed E-state index contributed by atoms with van der Waals surface area (Å²) in [5.74, 6) is -2.00. The van der Waals surface area contributed by atoms with Gasteiger partial charge in [0.05, 0.1) is 0 Å². The lowest BCUT2D eigenvalue weighted by Gasteiger charge is -2.40. The Bertz CT molecular complexity index is 1030. The van der Waals surface area contributed by atoms with E-state index in [4.69, 9.17) is 31.0 Å². The van der Waals surface area contributed by atoms with Crippen molar-refractivity contribution < 1.29 is 35.4 Å². The highest BCUT2D eigenvalue weighted by Crippen LogP contribution is 2.34. The highest BCUT2D eigenvalue weighted by molar-refractivity contribution is 7.07. The summed E-state index contributed by atoms with van der Waals surface area (Å²) >= 11 is 0. The van der Waals surface area contributed by atoms with Gasteiger partial charge >= 0.3 is 17.6 Å². The zero-order chi connectivity index (χ0) is 30.5. The third-order valence-corrected chi connectivity index (χ3v) is 17.6. The fourth-order valence-electron chi connectivity index (χ4n) is 5.45. The third kappa shape index (κ3) is 8.11. The Morgan fingerprint density at radius 2 is 0.786 bits per heavy atom. The molecule has 0 heterocycles. The van der Waals surface area contributed by atoms with Crippen LogP contribution in [-0.2, 0) is 31.0 Å². The van der Waals surface area contributed by atoms with Gasteiger partial charge in [-0.1, -0.05) is 91.0 Å². The molecule has 0 fully saturated rings. The van der Waals surface area contributed by atoms with Gasteiger partial charge in [0.2, 0.25) is 5.85 Å².